The third-order valence-electron chi connectivity index (χ3n) is 4.72. The lowest BCUT2D eigenvalue weighted by Gasteiger charge is -2.14. The van der Waals surface area contributed by atoms with E-state index in [0.717, 1.165) is 5.56 Å². The van der Waals surface area contributed by atoms with Gasteiger partial charge in [-0.05, 0) is 39.9 Å². The Morgan fingerprint density at radius 2 is 1.46 bits per heavy atom. The minimum atomic E-state index is -0.445. The number of hydrogen-bond donors (Lipinski definition) is 2. The maximum absolute atomic E-state index is 12.1. The highest BCUT2D eigenvalue weighted by Gasteiger charge is 2.28. The molecule has 4 rings (SSSR count). The summed E-state index contributed by atoms with van der Waals surface area (Å²) in [7, 11) is 0. The minimum Gasteiger partial charge on any atom is -0.508 e. The van der Waals surface area contributed by atoms with Gasteiger partial charge in [-0.2, -0.15) is 0 Å². The van der Waals surface area contributed by atoms with E-state index in [9.17, 15) is 9.90 Å². The van der Waals surface area contributed by atoms with Gasteiger partial charge in [-0.25, -0.2) is 4.79 Å². The molecule has 0 unspecified atom stereocenters. The molecule has 1 aliphatic rings. The van der Waals surface area contributed by atoms with E-state index in [1.54, 1.807) is 24.3 Å². The van der Waals surface area contributed by atoms with Crippen molar-refractivity contribution in [2.24, 2.45) is 0 Å². The quantitative estimate of drug-likeness (QED) is 0.735. The Morgan fingerprint density at radius 3 is 2.08 bits per heavy atom. The van der Waals surface area contributed by atoms with Crippen LogP contribution >= 0.6 is 0 Å². The van der Waals surface area contributed by atoms with Crippen molar-refractivity contribution in [3.63, 3.8) is 0 Å². The van der Waals surface area contributed by atoms with Gasteiger partial charge in [0.2, 0.25) is 0 Å². The number of carbonyl (C=O) groups is 1. The van der Waals surface area contributed by atoms with E-state index in [-0.39, 0.29) is 11.7 Å². The second-order valence-electron chi connectivity index (χ2n) is 6.35. The molecule has 0 saturated carbocycles. The number of ether oxygens (including phenoxy) is 1. The zero-order valence-electron chi connectivity index (χ0n) is 14.2. The first kappa shape index (κ1) is 16.2. The van der Waals surface area contributed by atoms with Gasteiger partial charge >= 0.3 is 6.09 Å². The largest absolute Gasteiger partial charge is 0.508 e. The van der Waals surface area contributed by atoms with E-state index in [4.69, 9.17) is 4.74 Å². The Kier molecular flexibility index (Phi) is 4.32. The summed E-state index contributed by atoms with van der Waals surface area (Å²) in [6.45, 7) is 0.659. The third-order valence-corrected chi connectivity index (χ3v) is 4.72. The summed E-state index contributed by atoms with van der Waals surface area (Å²) in [5, 5.41) is 12.0. The molecule has 2 N–H and O–H groups in total. The summed E-state index contributed by atoms with van der Waals surface area (Å²) in [5.41, 5.74) is 5.71. The number of benzene rings is 3. The van der Waals surface area contributed by atoms with Crippen LogP contribution in [-0.4, -0.2) is 17.8 Å². The average molecular weight is 345 g/mol. The Morgan fingerprint density at radius 1 is 0.885 bits per heavy atom. The van der Waals surface area contributed by atoms with Crippen molar-refractivity contribution in [2.45, 2.75) is 12.5 Å². The van der Waals surface area contributed by atoms with Crippen molar-refractivity contribution in [1.29, 1.82) is 0 Å². The zero-order valence-corrected chi connectivity index (χ0v) is 14.2. The summed E-state index contributed by atoms with van der Waals surface area (Å²) in [6.07, 6.45) is -0.445. The SMILES string of the molecule is O=C(NCc1ccc(O)cc1)OCC1c2ccccc2-c2ccccc21. The molecule has 0 fully saturated rings. The monoisotopic (exact) mass is 345 g/mol. The maximum Gasteiger partial charge on any atom is 0.407 e. The molecule has 0 radical (unpaired) electrons. The number of carbonyl (C=O) groups excluding carboxylic acids is 1. The summed E-state index contributed by atoms with van der Waals surface area (Å²) in [4.78, 5) is 12.1. The molecule has 3 aromatic rings. The molecule has 0 bridgehead atoms. The highest BCUT2D eigenvalue weighted by molar-refractivity contribution is 5.79. The van der Waals surface area contributed by atoms with Crippen molar-refractivity contribution in [3.8, 4) is 16.9 Å². The van der Waals surface area contributed by atoms with Crippen molar-refractivity contribution in [3.05, 3.63) is 89.5 Å². The molecule has 1 amide bonds. The number of rotatable bonds is 4. The number of alkyl carbamates (subject to hydrolysis) is 1. The Bertz CT molecular complexity index is 889. The van der Waals surface area contributed by atoms with Crippen molar-refractivity contribution < 1.29 is 14.6 Å². The lowest BCUT2D eigenvalue weighted by Crippen LogP contribution is -2.25. The Balaban J connectivity index is 1.41. The van der Waals surface area contributed by atoms with Crippen LogP contribution in [0.4, 0.5) is 4.79 Å². The third kappa shape index (κ3) is 3.14. The van der Waals surface area contributed by atoms with Gasteiger partial charge in [-0.15, -0.1) is 0 Å². The van der Waals surface area contributed by atoms with Crippen molar-refractivity contribution >= 4 is 6.09 Å². The van der Waals surface area contributed by atoms with Crippen LogP contribution in [0.25, 0.3) is 11.1 Å². The molecule has 0 heterocycles. The Hall–Kier alpha value is -3.27. The molecule has 3 aromatic carbocycles. The van der Waals surface area contributed by atoms with Gasteiger partial charge in [0.25, 0.3) is 0 Å². The number of phenols is 1. The summed E-state index contributed by atoms with van der Waals surface area (Å²) in [5.74, 6) is 0.261. The van der Waals surface area contributed by atoms with Gasteiger partial charge in [-0.1, -0.05) is 60.7 Å². The predicted molar refractivity (Wildman–Crippen MR) is 100 cm³/mol. The summed E-state index contributed by atoms with van der Waals surface area (Å²) >= 11 is 0. The molecule has 4 heteroatoms. The standard InChI is InChI=1S/C22H19NO3/c24-16-11-9-15(10-12-16)13-23-22(25)26-14-21-19-7-3-1-5-17(19)18-6-2-4-8-20(18)21/h1-12,21,24H,13-14H2,(H,23,25). The second kappa shape index (κ2) is 6.92. The van der Waals surface area contributed by atoms with Gasteiger partial charge in [0.1, 0.15) is 12.4 Å². The molecule has 1 aliphatic carbocycles. The first-order valence-corrected chi connectivity index (χ1v) is 8.59. The van der Waals surface area contributed by atoms with Crippen LogP contribution in [0.2, 0.25) is 0 Å². The van der Waals surface area contributed by atoms with Gasteiger partial charge in [0.15, 0.2) is 0 Å². The van der Waals surface area contributed by atoms with Crippen molar-refractivity contribution in [2.75, 3.05) is 6.61 Å². The smallest absolute Gasteiger partial charge is 0.407 e. The topological polar surface area (TPSA) is 58.6 Å². The molecule has 130 valence electrons. The van der Waals surface area contributed by atoms with Crippen LogP contribution in [0.5, 0.6) is 5.75 Å². The van der Waals surface area contributed by atoms with Crippen LogP contribution in [0.15, 0.2) is 72.8 Å². The number of aromatic hydroxyl groups is 1. The van der Waals surface area contributed by atoms with Gasteiger partial charge < -0.3 is 15.2 Å². The zero-order chi connectivity index (χ0) is 17.9. The molecular weight excluding hydrogens is 326 g/mol. The molecule has 26 heavy (non-hydrogen) atoms. The lowest BCUT2D eigenvalue weighted by atomic mass is 9.98. The van der Waals surface area contributed by atoms with Crippen LogP contribution in [0, 0.1) is 0 Å². The van der Waals surface area contributed by atoms with Crippen LogP contribution in [0.1, 0.15) is 22.6 Å². The first-order chi connectivity index (χ1) is 12.7. The van der Waals surface area contributed by atoms with E-state index in [1.807, 2.05) is 24.3 Å². The van der Waals surface area contributed by atoms with E-state index in [2.05, 4.69) is 29.6 Å². The van der Waals surface area contributed by atoms with E-state index in [1.165, 1.54) is 22.3 Å². The molecule has 0 aliphatic heterocycles. The number of fused-ring (bicyclic) bond motifs is 3. The second-order valence-corrected chi connectivity index (χ2v) is 6.35. The van der Waals surface area contributed by atoms with Crippen LogP contribution < -0.4 is 5.32 Å². The van der Waals surface area contributed by atoms with E-state index in [0.29, 0.717) is 13.2 Å². The molecule has 0 saturated heterocycles. The van der Waals surface area contributed by atoms with Gasteiger partial charge in [0, 0.05) is 12.5 Å². The molecule has 0 spiro atoms. The van der Waals surface area contributed by atoms with Gasteiger partial charge in [0.05, 0.1) is 0 Å². The Labute approximate surface area is 152 Å². The molecule has 4 nitrogen and oxygen atoms in total. The highest BCUT2D eigenvalue weighted by Crippen LogP contribution is 2.44. The summed E-state index contributed by atoms with van der Waals surface area (Å²) in [6, 6.07) is 23.2. The lowest BCUT2D eigenvalue weighted by molar-refractivity contribution is 0.142. The predicted octanol–water partition coefficient (Wildman–Crippen LogP) is 4.43. The minimum absolute atomic E-state index is 0.0572. The average Bonchev–Trinajstić information content (AvgIpc) is 3.00. The normalized spacial score (nSPS) is 12.3. The van der Waals surface area contributed by atoms with Crippen LogP contribution in [-0.2, 0) is 11.3 Å². The fourth-order valence-electron chi connectivity index (χ4n) is 3.44. The fourth-order valence-corrected chi connectivity index (χ4v) is 3.44. The number of hydrogen-bond acceptors (Lipinski definition) is 3. The molecule has 0 atom stereocenters. The summed E-state index contributed by atoms with van der Waals surface area (Å²) < 4.78 is 5.49. The van der Waals surface area contributed by atoms with E-state index < -0.39 is 6.09 Å². The highest BCUT2D eigenvalue weighted by atomic mass is 16.5. The van der Waals surface area contributed by atoms with E-state index >= 15 is 0 Å². The van der Waals surface area contributed by atoms with Gasteiger partial charge in [-0.3, -0.25) is 0 Å². The molecule has 0 aromatic heterocycles. The number of amides is 1. The van der Waals surface area contributed by atoms with Crippen LogP contribution in [0.3, 0.4) is 0 Å². The number of nitrogens with one attached hydrogen (secondary N) is 1. The first-order valence-electron chi connectivity index (χ1n) is 8.59. The number of phenolic OH excluding ortho intramolecular Hbond substituents is 1. The fraction of sp³-hybridized carbons (Fsp3) is 0.136. The maximum atomic E-state index is 12.1. The van der Waals surface area contributed by atoms with Crippen molar-refractivity contribution in [1.82, 2.24) is 5.32 Å². The molecular formula is C22H19NO3.